The molecule has 1 fully saturated rings. The van der Waals surface area contributed by atoms with Crippen LogP contribution in [0.15, 0.2) is 10.9 Å². The van der Waals surface area contributed by atoms with Crippen molar-refractivity contribution in [1.29, 1.82) is 0 Å². The highest BCUT2D eigenvalue weighted by molar-refractivity contribution is 7.99. The van der Waals surface area contributed by atoms with E-state index in [2.05, 4.69) is 10.2 Å². The maximum atomic E-state index is 11.0. The van der Waals surface area contributed by atoms with E-state index in [1.807, 2.05) is 11.8 Å². The fourth-order valence-corrected chi connectivity index (χ4v) is 2.86. The molecule has 1 aliphatic heterocycles. The lowest BCUT2D eigenvalue weighted by atomic mass is 10.1. The van der Waals surface area contributed by atoms with Crippen molar-refractivity contribution in [3.8, 4) is 0 Å². The van der Waals surface area contributed by atoms with Crippen LogP contribution >= 0.6 is 11.8 Å². The number of thioether (sulfide) groups is 1. The molecule has 0 saturated carbocycles. The molecular formula is C9H13N3OS. The first-order chi connectivity index (χ1) is 6.77. The highest BCUT2D eigenvalue weighted by Crippen LogP contribution is 2.36. The van der Waals surface area contributed by atoms with Gasteiger partial charge in [0.1, 0.15) is 5.69 Å². The van der Waals surface area contributed by atoms with Gasteiger partial charge >= 0.3 is 0 Å². The third-order valence-electron chi connectivity index (χ3n) is 2.36. The average molecular weight is 211 g/mol. The van der Waals surface area contributed by atoms with Crippen LogP contribution < -0.4 is 11.3 Å². The summed E-state index contributed by atoms with van der Waals surface area (Å²) in [6, 6.07) is 1.70. The number of nitrogen functional groups attached to an aromatic ring is 1. The van der Waals surface area contributed by atoms with Crippen molar-refractivity contribution in [3.63, 3.8) is 0 Å². The van der Waals surface area contributed by atoms with Gasteiger partial charge in [-0.1, -0.05) is 6.42 Å². The number of aromatic nitrogens is 2. The zero-order valence-corrected chi connectivity index (χ0v) is 8.64. The van der Waals surface area contributed by atoms with Gasteiger partial charge in [-0.3, -0.25) is 4.79 Å². The van der Waals surface area contributed by atoms with Gasteiger partial charge in [-0.2, -0.15) is 16.9 Å². The number of hydrogen-bond donors (Lipinski definition) is 2. The second kappa shape index (κ2) is 4.04. The summed E-state index contributed by atoms with van der Waals surface area (Å²) < 4.78 is 0. The number of hydrogen-bond acceptors (Lipinski definition) is 4. The molecule has 0 amide bonds. The van der Waals surface area contributed by atoms with Gasteiger partial charge in [-0.05, 0) is 24.7 Å². The van der Waals surface area contributed by atoms with Gasteiger partial charge < -0.3 is 5.73 Å². The smallest absolute Gasteiger partial charge is 0.287 e. The molecule has 14 heavy (non-hydrogen) atoms. The van der Waals surface area contributed by atoms with E-state index in [0.717, 1.165) is 12.1 Å². The minimum Gasteiger partial charge on any atom is -0.394 e. The van der Waals surface area contributed by atoms with Crippen molar-refractivity contribution in [2.45, 2.75) is 24.5 Å². The number of nitrogens with one attached hydrogen (secondary N) is 1. The predicted molar refractivity (Wildman–Crippen MR) is 58.3 cm³/mol. The van der Waals surface area contributed by atoms with Crippen LogP contribution in [0.5, 0.6) is 0 Å². The summed E-state index contributed by atoms with van der Waals surface area (Å²) in [4.78, 5) is 11.0. The van der Waals surface area contributed by atoms with Gasteiger partial charge in [-0.15, -0.1) is 0 Å². The normalized spacial score (nSPS) is 22.1. The Kier molecular flexibility index (Phi) is 2.77. The molecule has 1 saturated heterocycles. The number of H-pyrrole nitrogens is 1. The molecule has 1 aromatic rings. The van der Waals surface area contributed by atoms with Crippen molar-refractivity contribution in [3.05, 3.63) is 22.1 Å². The van der Waals surface area contributed by atoms with Crippen LogP contribution in [0.3, 0.4) is 0 Å². The quantitative estimate of drug-likeness (QED) is 0.734. The number of nitrogens with zero attached hydrogens (tertiary/aromatic N) is 1. The first-order valence-electron chi connectivity index (χ1n) is 4.74. The Balaban J connectivity index is 2.22. The van der Waals surface area contributed by atoms with Crippen LogP contribution in [0.4, 0.5) is 5.69 Å². The SMILES string of the molecule is Nc1cc(C2CCCCS2)n[nH]c1=O. The second-order valence-electron chi connectivity index (χ2n) is 3.43. The summed E-state index contributed by atoms with van der Waals surface area (Å²) in [6.45, 7) is 0. The van der Waals surface area contributed by atoms with E-state index in [4.69, 9.17) is 5.73 Å². The Labute approximate surface area is 86.3 Å². The molecule has 5 heteroatoms. The Bertz CT molecular complexity index is 371. The Hall–Kier alpha value is -0.970. The number of rotatable bonds is 1. The molecule has 0 radical (unpaired) electrons. The first-order valence-corrected chi connectivity index (χ1v) is 5.79. The van der Waals surface area contributed by atoms with Crippen LogP contribution in [0.2, 0.25) is 0 Å². The maximum absolute atomic E-state index is 11.0. The van der Waals surface area contributed by atoms with Gasteiger partial charge in [0.25, 0.3) is 5.56 Å². The lowest BCUT2D eigenvalue weighted by Gasteiger charge is -2.20. The fourth-order valence-electron chi connectivity index (χ4n) is 1.58. The van der Waals surface area contributed by atoms with Crippen LogP contribution in [0.25, 0.3) is 0 Å². The van der Waals surface area contributed by atoms with Crippen molar-refractivity contribution in [2.75, 3.05) is 11.5 Å². The summed E-state index contributed by atoms with van der Waals surface area (Å²) >= 11 is 1.89. The van der Waals surface area contributed by atoms with Gasteiger partial charge in [0.2, 0.25) is 0 Å². The molecule has 1 aromatic heterocycles. The molecule has 1 aliphatic rings. The van der Waals surface area contributed by atoms with Gasteiger partial charge in [0, 0.05) is 5.25 Å². The van der Waals surface area contributed by atoms with E-state index in [1.54, 1.807) is 6.07 Å². The van der Waals surface area contributed by atoms with E-state index in [0.29, 0.717) is 5.25 Å². The minimum absolute atomic E-state index is 0.265. The summed E-state index contributed by atoms with van der Waals surface area (Å²) in [5.41, 5.74) is 6.41. The minimum atomic E-state index is -0.297. The molecule has 0 aliphatic carbocycles. The van der Waals surface area contributed by atoms with Crippen molar-refractivity contribution in [1.82, 2.24) is 10.2 Å². The third-order valence-corrected chi connectivity index (χ3v) is 3.77. The summed E-state index contributed by atoms with van der Waals surface area (Å²) in [5.74, 6) is 1.17. The monoisotopic (exact) mass is 211 g/mol. The Morgan fingerprint density at radius 2 is 2.43 bits per heavy atom. The molecule has 0 spiro atoms. The number of nitrogens with two attached hydrogens (primary N) is 1. The third kappa shape index (κ3) is 1.92. The molecule has 2 heterocycles. The van der Waals surface area contributed by atoms with E-state index in [9.17, 15) is 4.79 Å². The molecule has 2 rings (SSSR count). The van der Waals surface area contributed by atoms with E-state index in [1.165, 1.54) is 18.6 Å². The summed E-state index contributed by atoms with van der Waals surface area (Å²) in [5, 5.41) is 6.85. The lowest BCUT2D eigenvalue weighted by molar-refractivity contribution is 0.667. The summed E-state index contributed by atoms with van der Waals surface area (Å²) in [6.07, 6.45) is 3.64. The Morgan fingerprint density at radius 1 is 1.57 bits per heavy atom. The van der Waals surface area contributed by atoms with Crippen molar-refractivity contribution >= 4 is 17.4 Å². The predicted octanol–water partition coefficient (Wildman–Crippen LogP) is 1.31. The topological polar surface area (TPSA) is 71.8 Å². The lowest BCUT2D eigenvalue weighted by Crippen LogP contribution is -2.16. The molecule has 0 aromatic carbocycles. The standard InChI is InChI=1S/C9H13N3OS/c10-6-5-7(11-12-9(6)13)8-3-1-2-4-14-8/h5,8H,1-4H2,(H2,10,11)(H,12,13). The molecule has 4 nitrogen and oxygen atoms in total. The first kappa shape index (κ1) is 9.58. The van der Waals surface area contributed by atoms with Crippen LogP contribution in [-0.4, -0.2) is 16.0 Å². The highest BCUT2D eigenvalue weighted by Gasteiger charge is 2.17. The van der Waals surface area contributed by atoms with Crippen LogP contribution in [-0.2, 0) is 0 Å². The summed E-state index contributed by atoms with van der Waals surface area (Å²) in [7, 11) is 0. The highest BCUT2D eigenvalue weighted by atomic mass is 32.2. The average Bonchev–Trinajstić information content (AvgIpc) is 2.23. The maximum Gasteiger partial charge on any atom is 0.287 e. The largest absolute Gasteiger partial charge is 0.394 e. The Morgan fingerprint density at radius 3 is 3.07 bits per heavy atom. The molecular weight excluding hydrogens is 198 g/mol. The molecule has 1 unspecified atom stereocenters. The van der Waals surface area contributed by atoms with Gasteiger partial charge in [0.15, 0.2) is 0 Å². The zero-order valence-electron chi connectivity index (χ0n) is 7.82. The van der Waals surface area contributed by atoms with Crippen LogP contribution in [0.1, 0.15) is 30.2 Å². The number of anilines is 1. The van der Waals surface area contributed by atoms with Crippen molar-refractivity contribution < 1.29 is 0 Å². The van der Waals surface area contributed by atoms with Gasteiger partial charge in [-0.25, -0.2) is 5.10 Å². The fraction of sp³-hybridized carbons (Fsp3) is 0.556. The second-order valence-corrected chi connectivity index (χ2v) is 4.74. The molecule has 3 N–H and O–H groups in total. The van der Waals surface area contributed by atoms with E-state index < -0.39 is 0 Å². The molecule has 76 valence electrons. The number of aromatic amines is 1. The van der Waals surface area contributed by atoms with E-state index >= 15 is 0 Å². The zero-order chi connectivity index (χ0) is 9.97. The van der Waals surface area contributed by atoms with Crippen LogP contribution in [0, 0.1) is 0 Å². The van der Waals surface area contributed by atoms with Crippen molar-refractivity contribution in [2.24, 2.45) is 0 Å². The van der Waals surface area contributed by atoms with Gasteiger partial charge in [0.05, 0.1) is 5.69 Å². The van der Waals surface area contributed by atoms with E-state index in [-0.39, 0.29) is 11.2 Å². The molecule has 1 atom stereocenters. The molecule has 0 bridgehead atoms.